The monoisotopic (exact) mass is 786 g/mol. The molecule has 8 heteroatoms. The van der Waals surface area contributed by atoms with Crippen molar-refractivity contribution in [1.29, 1.82) is 0 Å². The highest BCUT2D eigenvalue weighted by Gasteiger charge is 2.41. The van der Waals surface area contributed by atoms with Gasteiger partial charge in [0.2, 0.25) is 0 Å². The molecule has 0 saturated heterocycles. The molecule has 6 aromatic rings. The molecular weight excluding hydrogens is 734 g/mol. The molecule has 0 fully saturated rings. The molecule has 0 aliphatic carbocycles. The summed E-state index contributed by atoms with van der Waals surface area (Å²) in [6.07, 6.45) is 0. The number of hydrogen-bond acceptors (Lipinski definition) is 6. The van der Waals surface area contributed by atoms with E-state index in [0.717, 1.165) is 44.5 Å². The van der Waals surface area contributed by atoms with Gasteiger partial charge in [-0.2, -0.15) is 0 Å². The van der Waals surface area contributed by atoms with Gasteiger partial charge < -0.3 is 28.1 Å². The number of aryl methyl sites for hydroxylation is 8. The summed E-state index contributed by atoms with van der Waals surface area (Å²) >= 11 is 0. The topological polar surface area (TPSA) is 71.1 Å². The van der Waals surface area contributed by atoms with Crippen molar-refractivity contribution in [3.05, 3.63) is 142 Å². The van der Waals surface area contributed by atoms with E-state index in [4.69, 9.17) is 18.9 Å². The Bertz CT molecular complexity index is 2220. The van der Waals surface area contributed by atoms with Gasteiger partial charge in [0, 0.05) is 55.1 Å². The molecule has 6 aromatic carbocycles. The van der Waals surface area contributed by atoms with Crippen molar-refractivity contribution in [1.82, 2.24) is 0 Å². The molecule has 0 aromatic heterocycles. The first-order valence-corrected chi connectivity index (χ1v) is 22.1. The first kappa shape index (κ1) is 40.6. The molecule has 56 heavy (non-hydrogen) atoms. The SMILES string of the molecule is COc1cc(OC)c(-c2c(OC)cc(OC)cc2P(=O)(c2cc(C)cc(C)c2)c2cc(C)cc(C)c2)c(P(=O)(c2cc(C)cc(C)c2)c2cc(C)cc(C)c2)c1. The van der Waals surface area contributed by atoms with E-state index in [1.165, 1.54) is 0 Å². The number of hydrogen-bond donors (Lipinski definition) is 0. The van der Waals surface area contributed by atoms with Crippen LogP contribution in [0.3, 0.4) is 0 Å². The first-order chi connectivity index (χ1) is 26.5. The molecule has 0 spiro atoms. The minimum Gasteiger partial charge on any atom is -0.497 e. The lowest BCUT2D eigenvalue weighted by Crippen LogP contribution is -2.31. The van der Waals surface area contributed by atoms with E-state index in [-0.39, 0.29) is 0 Å². The van der Waals surface area contributed by atoms with Crippen molar-refractivity contribution in [3.63, 3.8) is 0 Å². The molecular formula is C48H52O6P2. The molecule has 6 nitrogen and oxygen atoms in total. The summed E-state index contributed by atoms with van der Waals surface area (Å²) in [6, 6.07) is 31.6. The lowest BCUT2D eigenvalue weighted by Gasteiger charge is -2.30. The highest BCUT2D eigenvalue weighted by Crippen LogP contribution is 2.54. The molecule has 290 valence electrons. The van der Waals surface area contributed by atoms with Crippen LogP contribution in [0.2, 0.25) is 0 Å². The first-order valence-electron chi connectivity index (χ1n) is 18.6. The summed E-state index contributed by atoms with van der Waals surface area (Å²) in [4.78, 5) is 0. The van der Waals surface area contributed by atoms with Crippen LogP contribution in [0.15, 0.2) is 97.1 Å². The lowest BCUT2D eigenvalue weighted by molar-refractivity contribution is 0.392. The normalized spacial score (nSPS) is 11.7. The zero-order valence-electron chi connectivity index (χ0n) is 34.6. The Balaban J connectivity index is 1.91. The van der Waals surface area contributed by atoms with Crippen molar-refractivity contribution in [3.8, 4) is 34.1 Å². The summed E-state index contributed by atoms with van der Waals surface area (Å²) in [5.74, 6) is 1.72. The maximum atomic E-state index is 16.9. The van der Waals surface area contributed by atoms with E-state index < -0.39 is 14.3 Å². The van der Waals surface area contributed by atoms with Crippen LogP contribution in [0.4, 0.5) is 0 Å². The van der Waals surface area contributed by atoms with Gasteiger partial charge in [-0.05, 0) is 116 Å². The molecule has 0 aliphatic rings. The minimum absolute atomic E-state index is 0.394. The Kier molecular flexibility index (Phi) is 11.5. The third kappa shape index (κ3) is 7.46. The van der Waals surface area contributed by atoms with Gasteiger partial charge in [-0.15, -0.1) is 0 Å². The number of methoxy groups -OCH3 is 4. The molecule has 0 bridgehead atoms. The van der Waals surface area contributed by atoms with Gasteiger partial charge in [0.1, 0.15) is 23.0 Å². The third-order valence-corrected chi connectivity index (χ3v) is 16.2. The van der Waals surface area contributed by atoms with Crippen LogP contribution in [0.1, 0.15) is 44.5 Å². The van der Waals surface area contributed by atoms with Gasteiger partial charge in [0.05, 0.1) is 28.4 Å². The zero-order valence-corrected chi connectivity index (χ0v) is 36.4. The van der Waals surface area contributed by atoms with Gasteiger partial charge in [-0.25, -0.2) is 0 Å². The summed E-state index contributed by atoms with van der Waals surface area (Å²) < 4.78 is 58.2. The predicted molar refractivity (Wildman–Crippen MR) is 235 cm³/mol. The summed E-state index contributed by atoms with van der Waals surface area (Å²) in [5, 5.41) is 3.60. The molecule has 0 N–H and O–H groups in total. The standard InChI is InChI=1S/C48H52O6P2/c1-29-13-30(2)18-39(17-29)55(49,40-19-31(3)14-32(4)20-40)45-27-37(51-9)25-43(53-11)47(45)48-44(54-12)26-38(52-10)28-46(48)56(50,41-21-33(5)15-34(6)22-41)42-23-35(7)16-36(8)24-42/h13-28H,1-12H3. The van der Waals surface area contributed by atoms with Crippen molar-refractivity contribution in [2.45, 2.75) is 55.4 Å². The molecule has 0 amide bonds. The van der Waals surface area contributed by atoms with Gasteiger partial charge in [0.15, 0.2) is 14.3 Å². The maximum absolute atomic E-state index is 16.9. The highest BCUT2D eigenvalue weighted by molar-refractivity contribution is 7.86. The molecule has 0 atom stereocenters. The summed E-state index contributed by atoms with van der Waals surface area (Å²) in [5.41, 5.74) is 8.87. The van der Waals surface area contributed by atoms with Gasteiger partial charge in [-0.1, -0.05) is 68.8 Å². The number of benzene rings is 6. The lowest BCUT2D eigenvalue weighted by atomic mass is 10.0. The Morgan fingerprint density at radius 1 is 0.321 bits per heavy atom. The second kappa shape index (κ2) is 15.8. The second-order valence-corrected chi connectivity index (χ2v) is 20.5. The average molecular weight is 787 g/mol. The van der Waals surface area contributed by atoms with Gasteiger partial charge >= 0.3 is 0 Å². The summed E-state index contributed by atoms with van der Waals surface area (Å²) in [7, 11) is -1.25. The fraction of sp³-hybridized carbons (Fsp3) is 0.250. The maximum Gasteiger partial charge on any atom is 0.171 e. The smallest absolute Gasteiger partial charge is 0.171 e. The van der Waals surface area contributed by atoms with E-state index in [0.29, 0.717) is 66.0 Å². The fourth-order valence-corrected chi connectivity index (χ4v) is 14.6. The fourth-order valence-electron chi connectivity index (χ4n) is 8.09. The largest absolute Gasteiger partial charge is 0.497 e. The Morgan fingerprint density at radius 2 is 0.554 bits per heavy atom. The number of rotatable bonds is 11. The van der Waals surface area contributed by atoms with Crippen LogP contribution in [0, 0.1) is 55.4 Å². The molecule has 0 saturated carbocycles. The molecule has 0 aliphatic heterocycles. The van der Waals surface area contributed by atoms with E-state index in [9.17, 15) is 0 Å². The van der Waals surface area contributed by atoms with Crippen molar-refractivity contribution in [2.75, 3.05) is 28.4 Å². The van der Waals surface area contributed by atoms with Crippen LogP contribution in [-0.2, 0) is 9.13 Å². The van der Waals surface area contributed by atoms with Crippen molar-refractivity contribution in [2.24, 2.45) is 0 Å². The van der Waals surface area contributed by atoms with Crippen LogP contribution < -0.4 is 50.8 Å². The molecule has 0 radical (unpaired) electrons. The van der Waals surface area contributed by atoms with Gasteiger partial charge in [0.25, 0.3) is 0 Å². The Morgan fingerprint density at radius 3 is 0.750 bits per heavy atom. The molecule has 6 rings (SSSR count). The number of ether oxygens (including phenoxy) is 4. The minimum atomic E-state index is -3.80. The van der Waals surface area contributed by atoms with E-state index >= 15 is 9.13 Å². The van der Waals surface area contributed by atoms with Gasteiger partial charge in [-0.3, -0.25) is 0 Å². The quantitative estimate of drug-likeness (QED) is 0.122. The van der Waals surface area contributed by atoms with E-state index in [2.05, 4.69) is 24.3 Å². The van der Waals surface area contributed by atoms with Crippen molar-refractivity contribution >= 4 is 46.1 Å². The third-order valence-electron chi connectivity index (χ3n) is 10.2. The average Bonchev–Trinajstić information content (AvgIpc) is 3.14. The summed E-state index contributed by atoms with van der Waals surface area (Å²) in [6.45, 7) is 16.1. The zero-order chi connectivity index (χ0) is 40.7. The Labute approximate surface area is 332 Å². The predicted octanol–water partition coefficient (Wildman–Crippen LogP) is 9.13. The molecule has 0 heterocycles. The van der Waals surface area contributed by atoms with E-state index in [1.54, 1.807) is 40.6 Å². The Hall–Kier alpha value is -5.02. The molecule has 0 unspecified atom stereocenters. The van der Waals surface area contributed by atoms with Crippen LogP contribution >= 0.6 is 14.3 Å². The second-order valence-electron chi connectivity index (χ2n) is 15.0. The van der Waals surface area contributed by atoms with Crippen LogP contribution in [-0.4, -0.2) is 28.4 Å². The van der Waals surface area contributed by atoms with Crippen LogP contribution in [0.5, 0.6) is 23.0 Å². The highest BCUT2D eigenvalue weighted by atomic mass is 31.2. The van der Waals surface area contributed by atoms with Crippen LogP contribution in [0.25, 0.3) is 11.1 Å². The van der Waals surface area contributed by atoms with Crippen molar-refractivity contribution < 1.29 is 28.1 Å². The van der Waals surface area contributed by atoms with E-state index in [1.807, 2.05) is 116 Å².